The zero-order chi connectivity index (χ0) is 9.23. The molecule has 5 heteroatoms. The third kappa shape index (κ3) is 4.09. The quantitative estimate of drug-likeness (QED) is 0.709. The molecule has 0 aliphatic rings. The van der Waals surface area contributed by atoms with Gasteiger partial charge in [0.1, 0.15) is 0 Å². The van der Waals surface area contributed by atoms with Gasteiger partial charge in [-0.15, -0.1) is 0 Å². The van der Waals surface area contributed by atoms with Gasteiger partial charge in [-0.3, -0.25) is 0 Å². The highest BCUT2D eigenvalue weighted by Gasteiger charge is 2.29. The average Bonchev–Trinajstić information content (AvgIpc) is 1.54. The minimum absolute atomic E-state index is 0.275. The fourth-order valence-corrected chi connectivity index (χ4v) is 4.90. The van der Waals surface area contributed by atoms with Crippen molar-refractivity contribution in [2.45, 2.75) is 39.8 Å². The first-order valence-corrected chi connectivity index (χ1v) is 7.54. The molecule has 0 aromatic rings. The molecule has 0 saturated carbocycles. The molecule has 11 heavy (non-hydrogen) atoms. The standard InChI is InChI=1S/C6H14Cl3NS/c1-5(2)10(6(3)4)11(7,8)9/h5-6H,1-4H3. The van der Waals surface area contributed by atoms with E-state index < -0.39 is 7.85 Å². The number of nitrogens with zero attached hydrogens (tertiary/aromatic N) is 1. The van der Waals surface area contributed by atoms with Gasteiger partial charge >= 0.3 is 0 Å². The summed E-state index contributed by atoms with van der Waals surface area (Å²) in [4.78, 5) is 0. The summed E-state index contributed by atoms with van der Waals surface area (Å²) in [6.07, 6.45) is 0. The number of hydrogen-bond acceptors (Lipinski definition) is 1. The van der Waals surface area contributed by atoms with Crippen LogP contribution in [0.3, 0.4) is 0 Å². The van der Waals surface area contributed by atoms with Gasteiger partial charge in [0.05, 0.1) is 7.85 Å². The first kappa shape index (κ1) is 12.2. The predicted octanol–water partition coefficient (Wildman–Crippen LogP) is 4.29. The van der Waals surface area contributed by atoms with Crippen LogP contribution in [-0.4, -0.2) is 16.4 Å². The third-order valence-corrected chi connectivity index (χ3v) is 4.01. The summed E-state index contributed by atoms with van der Waals surface area (Å²) in [6, 6.07) is 0.551. The van der Waals surface area contributed by atoms with E-state index in [0.717, 1.165) is 0 Å². The van der Waals surface area contributed by atoms with Crippen LogP contribution in [0, 0.1) is 0 Å². The topological polar surface area (TPSA) is 3.24 Å². The van der Waals surface area contributed by atoms with Crippen LogP contribution in [0.5, 0.6) is 0 Å². The lowest BCUT2D eigenvalue weighted by molar-refractivity contribution is 0.335. The Balaban J connectivity index is 4.35. The van der Waals surface area contributed by atoms with Crippen molar-refractivity contribution in [1.29, 1.82) is 0 Å². The molecule has 0 aromatic heterocycles. The zero-order valence-corrected chi connectivity index (χ0v) is 10.2. The first-order valence-electron chi connectivity index (χ1n) is 3.47. The van der Waals surface area contributed by atoms with E-state index in [-0.39, 0.29) is 12.1 Å². The van der Waals surface area contributed by atoms with E-state index in [1.54, 1.807) is 0 Å². The summed E-state index contributed by atoms with van der Waals surface area (Å²) in [7, 11) is 15.4. The van der Waals surface area contributed by atoms with Crippen molar-refractivity contribution >= 4 is 39.9 Å². The van der Waals surface area contributed by atoms with Gasteiger partial charge in [-0.1, -0.05) is 0 Å². The van der Waals surface area contributed by atoms with Gasteiger partial charge in [0.15, 0.2) is 0 Å². The van der Waals surface area contributed by atoms with Crippen molar-refractivity contribution in [3.63, 3.8) is 0 Å². The van der Waals surface area contributed by atoms with Crippen LogP contribution in [-0.2, 0) is 0 Å². The van der Waals surface area contributed by atoms with Crippen LogP contribution in [0.1, 0.15) is 27.7 Å². The molecular formula is C6H14Cl3NS. The maximum atomic E-state index is 5.83. The molecule has 0 N–H and O–H groups in total. The van der Waals surface area contributed by atoms with Crippen molar-refractivity contribution in [1.82, 2.24) is 4.31 Å². The Morgan fingerprint density at radius 3 is 1.18 bits per heavy atom. The van der Waals surface area contributed by atoms with E-state index in [2.05, 4.69) is 0 Å². The Labute approximate surface area is 83.9 Å². The lowest BCUT2D eigenvalue weighted by atomic mass is 10.3. The first-order chi connectivity index (χ1) is 4.76. The van der Waals surface area contributed by atoms with E-state index in [1.807, 2.05) is 32.0 Å². The monoisotopic (exact) mass is 237 g/mol. The highest BCUT2D eigenvalue weighted by atomic mass is 36.2. The fraction of sp³-hybridized carbons (Fsp3) is 1.00. The summed E-state index contributed by atoms with van der Waals surface area (Å²) < 4.78 is 1.90. The summed E-state index contributed by atoms with van der Waals surface area (Å²) in [6.45, 7) is 8.09. The Morgan fingerprint density at radius 1 is 0.909 bits per heavy atom. The van der Waals surface area contributed by atoms with Gasteiger partial charge < -0.3 is 0 Å². The molecule has 0 aromatic carbocycles. The Morgan fingerprint density at radius 2 is 1.18 bits per heavy atom. The molecule has 0 unspecified atom stereocenters. The molecule has 0 aliphatic heterocycles. The van der Waals surface area contributed by atoms with Crippen LogP contribution in [0.4, 0.5) is 0 Å². The Hall–Kier alpha value is 1.18. The number of rotatable bonds is 3. The van der Waals surface area contributed by atoms with Gasteiger partial charge in [-0.25, -0.2) is 4.31 Å². The van der Waals surface area contributed by atoms with E-state index in [0.29, 0.717) is 0 Å². The molecule has 0 rings (SSSR count). The van der Waals surface area contributed by atoms with E-state index in [1.165, 1.54) is 0 Å². The summed E-state index contributed by atoms with van der Waals surface area (Å²) in [5.41, 5.74) is 0. The van der Waals surface area contributed by atoms with Gasteiger partial charge in [0, 0.05) is 12.1 Å². The van der Waals surface area contributed by atoms with E-state index in [9.17, 15) is 0 Å². The third-order valence-electron chi connectivity index (χ3n) is 1.26. The largest absolute Gasteiger partial charge is 0.227 e. The van der Waals surface area contributed by atoms with Crippen LogP contribution < -0.4 is 0 Å². The second kappa shape index (κ2) is 4.43. The molecule has 0 amide bonds. The van der Waals surface area contributed by atoms with Gasteiger partial charge in [-0.2, -0.15) is 0 Å². The molecule has 0 fully saturated rings. The van der Waals surface area contributed by atoms with Gasteiger partial charge in [0.2, 0.25) is 0 Å². The van der Waals surface area contributed by atoms with Gasteiger partial charge in [-0.05, 0) is 59.7 Å². The molecule has 0 aliphatic carbocycles. The fourth-order valence-electron chi connectivity index (χ4n) is 1.07. The summed E-state index contributed by atoms with van der Waals surface area (Å²) >= 11 is 0. The minimum Gasteiger partial charge on any atom is -0.227 e. The van der Waals surface area contributed by atoms with Crippen molar-refractivity contribution < 1.29 is 0 Å². The maximum Gasteiger partial charge on any atom is 0.0565 e. The smallest absolute Gasteiger partial charge is 0.0565 e. The van der Waals surface area contributed by atoms with Crippen LogP contribution in [0.2, 0.25) is 0 Å². The molecule has 0 bridgehead atoms. The molecule has 0 spiro atoms. The highest BCUT2D eigenvalue weighted by Crippen LogP contribution is 2.67. The maximum absolute atomic E-state index is 5.83. The molecule has 0 radical (unpaired) electrons. The zero-order valence-electron chi connectivity index (χ0n) is 7.14. The summed E-state index contributed by atoms with van der Waals surface area (Å²) in [5, 5.41) is 0. The second-order valence-corrected chi connectivity index (χ2v) is 9.56. The van der Waals surface area contributed by atoms with Crippen LogP contribution in [0.25, 0.3) is 0 Å². The molecule has 0 saturated heterocycles. The lowest BCUT2D eigenvalue weighted by Crippen LogP contribution is -2.33. The Bertz CT molecular complexity index is 113. The molecule has 0 heterocycles. The highest BCUT2D eigenvalue weighted by molar-refractivity contribution is 8.77. The van der Waals surface area contributed by atoms with Crippen molar-refractivity contribution in [3.05, 3.63) is 0 Å². The SMILES string of the molecule is CC(C)N(C(C)C)S(Cl)(Cl)Cl. The van der Waals surface area contributed by atoms with E-state index >= 15 is 0 Å². The van der Waals surface area contributed by atoms with Crippen molar-refractivity contribution in [3.8, 4) is 0 Å². The number of halogens is 3. The molecule has 1 nitrogen and oxygen atoms in total. The van der Waals surface area contributed by atoms with Crippen molar-refractivity contribution in [2.24, 2.45) is 0 Å². The number of hydrogen-bond donors (Lipinski definition) is 0. The minimum atomic E-state index is -2.11. The summed E-state index contributed by atoms with van der Waals surface area (Å²) in [5.74, 6) is 0. The molecular weight excluding hydrogens is 224 g/mol. The normalized spacial score (nSPS) is 15.1. The second-order valence-electron chi connectivity index (χ2n) is 2.93. The predicted molar refractivity (Wildman–Crippen MR) is 57.3 cm³/mol. The molecule has 0 atom stereocenters. The van der Waals surface area contributed by atoms with Crippen LogP contribution >= 0.6 is 39.9 Å². The van der Waals surface area contributed by atoms with Crippen molar-refractivity contribution in [2.75, 3.05) is 0 Å². The molecule has 70 valence electrons. The van der Waals surface area contributed by atoms with Gasteiger partial charge in [0.25, 0.3) is 0 Å². The lowest BCUT2D eigenvalue weighted by Gasteiger charge is -2.38. The average molecular weight is 239 g/mol. The van der Waals surface area contributed by atoms with Crippen LogP contribution in [0.15, 0.2) is 0 Å². The Kier molecular flexibility index (Phi) is 4.90. The van der Waals surface area contributed by atoms with E-state index in [4.69, 9.17) is 32.0 Å².